The monoisotopic (exact) mass is 277 g/mol. The molecule has 0 saturated heterocycles. The van der Waals surface area contributed by atoms with Crippen LogP contribution in [0.25, 0.3) is 0 Å². The van der Waals surface area contributed by atoms with Crippen LogP contribution in [0.2, 0.25) is 0 Å². The molecule has 0 spiro atoms. The van der Waals surface area contributed by atoms with Gasteiger partial charge in [0.25, 0.3) is 5.91 Å². The minimum atomic E-state index is -1.20. The Balaban J connectivity index is 2.53. The molecule has 7 heteroatoms. The van der Waals surface area contributed by atoms with Gasteiger partial charge in [0.15, 0.2) is 0 Å². The molecule has 0 radical (unpaired) electrons. The molecule has 3 amide bonds. The van der Waals surface area contributed by atoms with Crippen LogP contribution in [0.3, 0.4) is 0 Å². The number of nitrogens with one attached hydrogen (secondary N) is 2. The number of nitrogens with zero attached hydrogens (tertiary/aromatic N) is 1. The zero-order valence-electron chi connectivity index (χ0n) is 11.1. The fourth-order valence-corrected chi connectivity index (χ4v) is 1.26. The van der Waals surface area contributed by atoms with Gasteiger partial charge in [-0.1, -0.05) is 6.07 Å². The third kappa shape index (κ3) is 4.52. The van der Waals surface area contributed by atoms with E-state index in [0.29, 0.717) is 0 Å². The molecule has 3 N–H and O–H groups in total. The first-order valence-corrected chi connectivity index (χ1v) is 5.80. The molecular weight excluding hydrogens is 262 g/mol. The number of pyridine rings is 1. The van der Waals surface area contributed by atoms with Crippen molar-refractivity contribution < 1.29 is 19.5 Å². The van der Waals surface area contributed by atoms with Crippen molar-refractivity contribution in [3.63, 3.8) is 0 Å². The van der Waals surface area contributed by atoms with Gasteiger partial charge in [-0.05, 0) is 25.5 Å². The highest BCUT2D eigenvalue weighted by Crippen LogP contribution is 2.03. The van der Waals surface area contributed by atoms with Crippen LogP contribution < -0.4 is 10.6 Å². The molecule has 0 unspecified atom stereocenters. The molecule has 7 nitrogen and oxygen atoms in total. The Kier molecular flexibility index (Phi) is 5.40. The largest absolute Gasteiger partial charge is 0.478 e. The summed E-state index contributed by atoms with van der Waals surface area (Å²) in [5.41, 5.74) is 0.653. The van der Waals surface area contributed by atoms with E-state index in [2.05, 4.69) is 15.6 Å². The lowest BCUT2D eigenvalue weighted by molar-refractivity contribution is -0.133. The van der Waals surface area contributed by atoms with Gasteiger partial charge in [-0.15, -0.1) is 0 Å². The second-order valence-electron chi connectivity index (χ2n) is 4.05. The molecule has 0 aliphatic rings. The van der Waals surface area contributed by atoms with E-state index >= 15 is 0 Å². The summed E-state index contributed by atoms with van der Waals surface area (Å²) in [5, 5.41) is 13.3. The minimum absolute atomic E-state index is 0.0194. The number of aliphatic carboxylic acids is 1. The number of carboxylic acid groups (broad SMARTS) is 1. The Morgan fingerprint density at radius 2 is 1.95 bits per heavy atom. The van der Waals surface area contributed by atoms with Crippen LogP contribution in [0, 0.1) is 0 Å². The van der Waals surface area contributed by atoms with Crippen LogP contribution in [0.15, 0.2) is 35.7 Å². The van der Waals surface area contributed by atoms with Crippen LogP contribution in [0.1, 0.15) is 19.4 Å². The topological polar surface area (TPSA) is 108 Å². The van der Waals surface area contributed by atoms with Gasteiger partial charge in [0.1, 0.15) is 0 Å². The number of amides is 3. The van der Waals surface area contributed by atoms with Gasteiger partial charge in [0, 0.05) is 30.1 Å². The summed E-state index contributed by atoms with van der Waals surface area (Å²) < 4.78 is 0. The normalized spacial score (nSPS) is 11.3. The van der Waals surface area contributed by atoms with Crippen molar-refractivity contribution in [3.8, 4) is 0 Å². The van der Waals surface area contributed by atoms with E-state index in [-0.39, 0.29) is 17.7 Å². The Bertz CT molecular complexity index is 552. The molecule has 0 atom stereocenters. The molecule has 0 fully saturated rings. The minimum Gasteiger partial charge on any atom is -0.478 e. The zero-order chi connectivity index (χ0) is 15.1. The zero-order valence-corrected chi connectivity index (χ0v) is 11.1. The van der Waals surface area contributed by atoms with Gasteiger partial charge < -0.3 is 10.4 Å². The Morgan fingerprint density at radius 1 is 1.25 bits per heavy atom. The average Bonchev–Trinajstić information content (AvgIpc) is 2.44. The van der Waals surface area contributed by atoms with Crippen molar-refractivity contribution in [2.24, 2.45) is 0 Å². The highest BCUT2D eigenvalue weighted by atomic mass is 16.4. The van der Waals surface area contributed by atoms with Gasteiger partial charge >= 0.3 is 12.0 Å². The fourth-order valence-electron chi connectivity index (χ4n) is 1.26. The molecule has 1 aromatic rings. The van der Waals surface area contributed by atoms with Crippen molar-refractivity contribution >= 4 is 17.9 Å². The smallest absolute Gasteiger partial charge is 0.331 e. The van der Waals surface area contributed by atoms with E-state index in [1.165, 1.54) is 13.8 Å². The molecule has 0 aromatic carbocycles. The molecule has 1 aromatic heterocycles. The molecule has 0 bridgehead atoms. The molecule has 0 saturated carbocycles. The lowest BCUT2D eigenvalue weighted by Gasteiger charge is -2.07. The number of urea groups is 1. The summed E-state index contributed by atoms with van der Waals surface area (Å²) in [5.74, 6) is -1.94. The van der Waals surface area contributed by atoms with E-state index < -0.39 is 17.9 Å². The second kappa shape index (κ2) is 7.03. The Hall–Kier alpha value is -2.70. The van der Waals surface area contributed by atoms with Crippen LogP contribution in [0.4, 0.5) is 4.79 Å². The predicted octanol–water partition coefficient (Wildman–Crippen LogP) is 0.828. The number of carboxylic acids is 1. The number of aromatic nitrogens is 1. The maximum absolute atomic E-state index is 11.6. The predicted molar refractivity (Wildman–Crippen MR) is 70.6 cm³/mol. The lowest BCUT2D eigenvalue weighted by atomic mass is 10.1. The summed E-state index contributed by atoms with van der Waals surface area (Å²) in [7, 11) is 0. The maximum Gasteiger partial charge on any atom is 0.331 e. The summed E-state index contributed by atoms with van der Waals surface area (Å²) in [4.78, 5) is 37.7. The average molecular weight is 277 g/mol. The van der Waals surface area contributed by atoms with E-state index in [1.54, 1.807) is 24.5 Å². The standard InChI is InChI=1S/C13H15N3O4/c1-8(9(2)12(18)19)11(17)16-13(20)15-7-10-4-3-5-14-6-10/h3-6H,7H2,1-2H3,(H,18,19)(H2,15,16,17,20). The van der Waals surface area contributed by atoms with E-state index in [1.807, 2.05) is 0 Å². The fraction of sp³-hybridized carbons (Fsp3) is 0.231. The van der Waals surface area contributed by atoms with Gasteiger partial charge in [0.05, 0.1) is 0 Å². The molecule has 1 rings (SSSR count). The van der Waals surface area contributed by atoms with Crippen molar-refractivity contribution in [2.75, 3.05) is 0 Å². The van der Waals surface area contributed by atoms with Crippen molar-refractivity contribution in [1.82, 2.24) is 15.6 Å². The van der Waals surface area contributed by atoms with E-state index in [9.17, 15) is 14.4 Å². The maximum atomic E-state index is 11.6. The van der Waals surface area contributed by atoms with Crippen LogP contribution in [-0.4, -0.2) is 28.0 Å². The van der Waals surface area contributed by atoms with Gasteiger partial charge in [-0.25, -0.2) is 9.59 Å². The number of hydrogen-bond acceptors (Lipinski definition) is 4. The number of carbonyl (C=O) groups excluding carboxylic acids is 2. The second-order valence-corrected chi connectivity index (χ2v) is 4.05. The number of carbonyl (C=O) groups is 3. The number of hydrogen-bond donors (Lipinski definition) is 3. The van der Waals surface area contributed by atoms with E-state index in [0.717, 1.165) is 5.56 Å². The lowest BCUT2D eigenvalue weighted by Crippen LogP contribution is -2.39. The summed E-state index contributed by atoms with van der Waals surface area (Å²) in [6, 6.07) is 2.80. The van der Waals surface area contributed by atoms with Gasteiger partial charge in [-0.2, -0.15) is 0 Å². The molecule has 1 heterocycles. The van der Waals surface area contributed by atoms with E-state index in [4.69, 9.17) is 5.11 Å². The summed E-state index contributed by atoms with van der Waals surface area (Å²) >= 11 is 0. The highest BCUT2D eigenvalue weighted by molar-refractivity contribution is 6.07. The Labute approximate surface area is 115 Å². The van der Waals surface area contributed by atoms with Crippen molar-refractivity contribution in [2.45, 2.75) is 20.4 Å². The molecule has 106 valence electrons. The van der Waals surface area contributed by atoms with Crippen molar-refractivity contribution in [1.29, 1.82) is 0 Å². The first kappa shape index (κ1) is 15.4. The third-order valence-electron chi connectivity index (χ3n) is 2.63. The third-order valence-corrected chi connectivity index (χ3v) is 2.63. The first-order valence-electron chi connectivity index (χ1n) is 5.80. The summed E-state index contributed by atoms with van der Waals surface area (Å²) in [6.07, 6.45) is 3.19. The van der Waals surface area contributed by atoms with Crippen LogP contribution in [0.5, 0.6) is 0 Å². The first-order chi connectivity index (χ1) is 9.41. The van der Waals surface area contributed by atoms with Gasteiger partial charge in [-0.3, -0.25) is 15.1 Å². The van der Waals surface area contributed by atoms with Gasteiger partial charge in [0.2, 0.25) is 0 Å². The highest BCUT2D eigenvalue weighted by Gasteiger charge is 2.14. The Morgan fingerprint density at radius 3 is 2.50 bits per heavy atom. The molecule has 0 aliphatic heterocycles. The summed E-state index contributed by atoms with van der Waals surface area (Å²) in [6.45, 7) is 2.85. The van der Waals surface area contributed by atoms with Crippen LogP contribution in [-0.2, 0) is 16.1 Å². The quantitative estimate of drug-likeness (QED) is 0.706. The number of imide groups is 1. The van der Waals surface area contributed by atoms with Crippen LogP contribution >= 0.6 is 0 Å². The molecular formula is C13H15N3O4. The van der Waals surface area contributed by atoms with Crippen molar-refractivity contribution in [3.05, 3.63) is 41.2 Å². The SMILES string of the molecule is CC(C(=O)O)=C(C)C(=O)NC(=O)NCc1cccnc1. The molecule has 0 aliphatic carbocycles. The number of rotatable bonds is 4. The molecule has 20 heavy (non-hydrogen) atoms.